The molecule has 3 heterocycles. The molecule has 40 heavy (non-hydrogen) atoms. The van der Waals surface area contributed by atoms with Gasteiger partial charge in [-0.1, -0.05) is 38.9 Å². The third-order valence-electron chi connectivity index (χ3n) is 6.31. The summed E-state index contributed by atoms with van der Waals surface area (Å²) in [5, 5.41) is 5.71. The topological polar surface area (TPSA) is 90.5 Å². The van der Waals surface area contributed by atoms with Gasteiger partial charge in [-0.2, -0.15) is 18.2 Å². The number of aromatic nitrogens is 2. The molecule has 0 unspecified atom stereocenters. The zero-order valence-electron chi connectivity index (χ0n) is 21.7. The lowest BCUT2D eigenvalue weighted by Gasteiger charge is -2.35. The first kappa shape index (κ1) is 27.5. The van der Waals surface area contributed by atoms with Crippen LogP contribution < -0.4 is 20.4 Å². The highest BCUT2D eigenvalue weighted by Gasteiger charge is 2.32. The first-order valence-corrected chi connectivity index (χ1v) is 14.4. The third kappa shape index (κ3) is 5.76. The number of aryl methyl sites for hydroxylation is 1. The molecule has 12 heteroatoms. The Hall–Kier alpha value is -4.07. The van der Waals surface area contributed by atoms with Crippen LogP contribution in [-0.2, 0) is 12.7 Å². The zero-order valence-corrected chi connectivity index (χ0v) is 23.8. The van der Waals surface area contributed by atoms with Crippen molar-refractivity contribution in [3.8, 4) is 0 Å². The summed E-state index contributed by atoms with van der Waals surface area (Å²) < 4.78 is 42.7. The molecule has 2 N–H and O–H groups in total. The largest absolute Gasteiger partial charge is 0.416 e. The second-order valence-electron chi connectivity index (χ2n) is 9.22. The van der Waals surface area contributed by atoms with Crippen LogP contribution >= 0.6 is 20.7 Å². The van der Waals surface area contributed by atoms with Crippen molar-refractivity contribution < 1.29 is 22.8 Å². The molecule has 2 aromatic carbocycles. The van der Waals surface area contributed by atoms with E-state index < -0.39 is 17.6 Å². The van der Waals surface area contributed by atoms with Crippen LogP contribution in [0.25, 0.3) is 0 Å². The van der Waals surface area contributed by atoms with Crippen molar-refractivity contribution in [2.45, 2.75) is 26.6 Å². The molecule has 0 radical (unpaired) electrons. The first-order valence-electron chi connectivity index (χ1n) is 12.1. The number of carbonyl (C=O) groups excluding carboxylic acids is 2. The van der Waals surface area contributed by atoms with E-state index in [1.54, 1.807) is 31.4 Å². The molecule has 3 aromatic rings. The summed E-state index contributed by atoms with van der Waals surface area (Å²) in [5.74, 6) is 0.266. The summed E-state index contributed by atoms with van der Waals surface area (Å²) in [6.45, 7) is 4.09. The van der Waals surface area contributed by atoms with E-state index in [9.17, 15) is 22.8 Å². The predicted molar refractivity (Wildman–Crippen MR) is 158 cm³/mol. The minimum atomic E-state index is -4.53. The predicted octanol–water partition coefficient (Wildman–Crippen LogP) is 6.62. The number of benzene rings is 2. The van der Waals surface area contributed by atoms with Gasteiger partial charge in [0.2, 0.25) is 5.95 Å². The van der Waals surface area contributed by atoms with Crippen LogP contribution in [0.15, 0.2) is 70.1 Å². The molecular formula is C28H24F3IN6O2. The number of rotatable bonds is 5. The lowest BCUT2D eigenvalue weighted by Crippen LogP contribution is -2.46. The van der Waals surface area contributed by atoms with E-state index in [1.807, 2.05) is 13.0 Å². The van der Waals surface area contributed by atoms with Crippen molar-refractivity contribution in [1.29, 1.82) is 0 Å². The number of nitrogens with zero attached hydrogens (tertiary/aromatic N) is 4. The van der Waals surface area contributed by atoms with Gasteiger partial charge < -0.3 is 10.6 Å². The van der Waals surface area contributed by atoms with Crippen molar-refractivity contribution >= 4 is 59.8 Å². The van der Waals surface area contributed by atoms with Gasteiger partial charge in [0.1, 0.15) is 5.82 Å². The highest BCUT2D eigenvalue weighted by atomic mass is 127. The Kier molecular flexibility index (Phi) is 7.45. The van der Waals surface area contributed by atoms with Crippen molar-refractivity contribution in [2.24, 2.45) is 0 Å². The molecule has 0 bridgehead atoms. The summed E-state index contributed by atoms with van der Waals surface area (Å²) >= 11 is -0.173. The molecular weight excluding hydrogens is 636 g/mol. The number of hydrogen-bond acceptors (Lipinski definition) is 5. The third-order valence-corrected chi connectivity index (χ3v) is 8.63. The highest BCUT2D eigenvalue weighted by Crippen LogP contribution is 2.33. The van der Waals surface area contributed by atoms with Crippen LogP contribution in [0.5, 0.6) is 0 Å². The monoisotopic (exact) mass is 660 g/mol. The summed E-state index contributed by atoms with van der Waals surface area (Å²) in [6, 6.07) is 8.88. The van der Waals surface area contributed by atoms with Gasteiger partial charge in [0.15, 0.2) is 0 Å². The fourth-order valence-electron chi connectivity index (χ4n) is 4.20. The smallest absolute Gasteiger partial charge is 0.324 e. The van der Waals surface area contributed by atoms with Gasteiger partial charge in [-0.15, -0.1) is 0 Å². The molecule has 2 aliphatic rings. The van der Waals surface area contributed by atoms with E-state index in [0.717, 1.165) is 29.0 Å². The number of alkyl halides is 3. The summed E-state index contributed by atoms with van der Waals surface area (Å²) in [4.78, 5) is 38.3. The normalized spacial score (nSPS) is 15.1. The maximum Gasteiger partial charge on any atom is 0.416 e. The quantitative estimate of drug-likeness (QED) is 0.301. The summed E-state index contributed by atoms with van der Waals surface area (Å²) in [7, 11) is 1.62. The maximum absolute atomic E-state index is 13.4. The van der Waals surface area contributed by atoms with Crippen LogP contribution in [0.2, 0.25) is 0 Å². The summed E-state index contributed by atoms with van der Waals surface area (Å²) in [6.07, 6.45) is 1.17. The molecule has 0 saturated heterocycles. The summed E-state index contributed by atoms with van der Waals surface area (Å²) in [5.41, 5.74) is 2.22. The molecule has 206 valence electrons. The fraction of sp³-hybridized carbons (Fsp3) is 0.179. The average molecular weight is 660 g/mol. The second-order valence-corrected chi connectivity index (χ2v) is 12.2. The lowest BCUT2D eigenvalue weighted by molar-refractivity contribution is -0.137. The number of anilines is 4. The van der Waals surface area contributed by atoms with E-state index in [2.05, 4.69) is 37.6 Å². The number of fused-ring (bicyclic) bond motifs is 1. The SMILES string of the molecule is CC1=CC=C(Nc2ncc3c(n2)N(C)C(=O)N(c2cc(C(=O)Nc4cccc(C(F)(F)F)c4)ccc2C)C3)C=I1. The van der Waals surface area contributed by atoms with Gasteiger partial charge in [0.25, 0.3) is 5.91 Å². The second kappa shape index (κ2) is 10.8. The van der Waals surface area contributed by atoms with Gasteiger partial charge in [0, 0.05) is 41.4 Å². The van der Waals surface area contributed by atoms with Crippen LogP contribution in [-0.4, -0.2) is 33.0 Å². The minimum absolute atomic E-state index is 0.0147. The van der Waals surface area contributed by atoms with Crippen LogP contribution in [0, 0.1) is 6.92 Å². The number of hydrogen-bond donors (Lipinski definition) is 2. The molecule has 8 nitrogen and oxygen atoms in total. The number of amides is 3. The maximum atomic E-state index is 13.4. The van der Waals surface area contributed by atoms with Crippen molar-refractivity contribution in [2.75, 3.05) is 27.5 Å². The van der Waals surface area contributed by atoms with Crippen molar-refractivity contribution in [3.63, 3.8) is 0 Å². The molecule has 0 aliphatic carbocycles. The highest BCUT2D eigenvalue weighted by molar-refractivity contribution is 14.2. The molecule has 2 aliphatic heterocycles. The molecule has 3 amide bonds. The molecule has 0 atom stereocenters. The lowest BCUT2D eigenvalue weighted by atomic mass is 10.1. The Bertz CT molecular complexity index is 1620. The minimum Gasteiger partial charge on any atom is -0.324 e. The van der Waals surface area contributed by atoms with Gasteiger partial charge in [-0.3, -0.25) is 14.6 Å². The van der Waals surface area contributed by atoms with Crippen molar-refractivity contribution in [3.05, 3.63) is 92.3 Å². The Labute approximate surface area is 238 Å². The van der Waals surface area contributed by atoms with E-state index >= 15 is 0 Å². The van der Waals surface area contributed by atoms with Gasteiger partial charge in [0.05, 0.1) is 12.1 Å². The fourth-order valence-corrected chi connectivity index (χ4v) is 5.77. The average Bonchev–Trinajstić information content (AvgIpc) is 2.92. The van der Waals surface area contributed by atoms with E-state index in [1.165, 1.54) is 25.5 Å². The van der Waals surface area contributed by atoms with Crippen molar-refractivity contribution in [1.82, 2.24) is 9.97 Å². The van der Waals surface area contributed by atoms with E-state index in [4.69, 9.17) is 0 Å². The molecule has 0 fully saturated rings. The van der Waals surface area contributed by atoms with Gasteiger partial charge in [-0.05, 0) is 63.4 Å². The zero-order chi connectivity index (χ0) is 28.6. The number of carbonyl (C=O) groups is 2. The number of urea groups is 1. The van der Waals surface area contributed by atoms with E-state index in [-0.39, 0.29) is 44.6 Å². The Morgan fingerprint density at radius 1 is 1.10 bits per heavy atom. The van der Waals surface area contributed by atoms with E-state index in [0.29, 0.717) is 17.5 Å². The molecule has 1 aromatic heterocycles. The standard InChI is InChI=1S/C28H24F3IN6O2/c1-16-7-9-18(25(39)34-21-6-4-5-20(12-21)28(29,30)31)11-23(16)38-15-19-14-33-26(36-24(19)37(3)27(38)40)35-22-10-8-17(2)32-13-22/h4-14H,15H2,1-3H3,(H,34,39)(H,33,35,36). The molecule has 0 spiro atoms. The number of allylic oxidation sites excluding steroid dienone is 4. The van der Waals surface area contributed by atoms with Crippen LogP contribution in [0.4, 0.5) is 41.1 Å². The first-order chi connectivity index (χ1) is 19.0. The Balaban J connectivity index is 1.38. The van der Waals surface area contributed by atoms with Crippen LogP contribution in [0.1, 0.15) is 34.0 Å². The molecule has 5 rings (SSSR count). The van der Waals surface area contributed by atoms with Gasteiger partial charge in [-0.25, -0.2) is 9.78 Å². The Morgan fingerprint density at radius 2 is 1.90 bits per heavy atom. The van der Waals surface area contributed by atoms with Crippen LogP contribution in [0.3, 0.4) is 0 Å². The Morgan fingerprint density at radius 3 is 2.62 bits per heavy atom. The van der Waals surface area contributed by atoms with Gasteiger partial charge >= 0.3 is 12.2 Å². The molecule has 0 saturated carbocycles. The number of nitrogens with one attached hydrogen (secondary N) is 2. The number of halogens is 4.